The first-order valence-corrected chi connectivity index (χ1v) is 6.37. The number of nitrogens with one attached hydrogen (secondary N) is 2. The molecule has 0 fully saturated rings. The predicted molar refractivity (Wildman–Crippen MR) is 79.1 cm³/mol. The zero-order valence-corrected chi connectivity index (χ0v) is 11.9. The standard InChI is InChI=1S/C15H21N3O/c1-10(16)15(14-8-6-5-7-9-14)18-12(3)11(2)17-13(4)19/h5-9,11-12,16H,1-4H3,(H,17,19). The number of benzene rings is 1. The van der Waals surface area contributed by atoms with Crippen molar-refractivity contribution >= 4 is 17.3 Å². The summed E-state index contributed by atoms with van der Waals surface area (Å²) in [7, 11) is 0. The quantitative estimate of drug-likeness (QED) is 0.784. The molecule has 0 aromatic heterocycles. The van der Waals surface area contributed by atoms with Crippen molar-refractivity contribution in [1.82, 2.24) is 5.32 Å². The van der Waals surface area contributed by atoms with E-state index in [-0.39, 0.29) is 18.0 Å². The summed E-state index contributed by atoms with van der Waals surface area (Å²) < 4.78 is 0. The lowest BCUT2D eigenvalue weighted by atomic mass is 10.1. The number of aliphatic imine (C=N–C) groups is 1. The van der Waals surface area contributed by atoms with Gasteiger partial charge < -0.3 is 10.7 Å². The van der Waals surface area contributed by atoms with E-state index in [0.29, 0.717) is 11.4 Å². The highest BCUT2D eigenvalue weighted by atomic mass is 16.1. The Morgan fingerprint density at radius 3 is 2.26 bits per heavy atom. The fraction of sp³-hybridized carbons (Fsp3) is 0.400. The number of rotatable bonds is 5. The normalized spacial score (nSPS) is 14.6. The van der Waals surface area contributed by atoms with Gasteiger partial charge in [0.2, 0.25) is 5.91 Å². The summed E-state index contributed by atoms with van der Waals surface area (Å²) >= 11 is 0. The summed E-state index contributed by atoms with van der Waals surface area (Å²) in [5.41, 5.74) is 2.02. The second-order valence-electron chi connectivity index (χ2n) is 4.70. The van der Waals surface area contributed by atoms with Gasteiger partial charge in [0, 0.05) is 18.5 Å². The molecular weight excluding hydrogens is 238 g/mol. The van der Waals surface area contributed by atoms with Crippen molar-refractivity contribution < 1.29 is 4.79 Å². The van der Waals surface area contributed by atoms with Crippen LogP contribution in [0, 0.1) is 5.41 Å². The maximum absolute atomic E-state index is 11.0. The summed E-state index contributed by atoms with van der Waals surface area (Å²) in [5.74, 6) is -0.0672. The van der Waals surface area contributed by atoms with Crippen LogP contribution in [0.15, 0.2) is 35.3 Å². The van der Waals surface area contributed by atoms with Crippen molar-refractivity contribution in [2.24, 2.45) is 4.99 Å². The van der Waals surface area contributed by atoms with Gasteiger partial charge in [0.25, 0.3) is 0 Å². The lowest BCUT2D eigenvalue weighted by Gasteiger charge is -2.18. The molecule has 2 unspecified atom stereocenters. The smallest absolute Gasteiger partial charge is 0.217 e. The van der Waals surface area contributed by atoms with Gasteiger partial charge in [-0.1, -0.05) is 30.3 Å². The molecule has 0 saturated heterocycles. The molecule has 0 spiro atoms. The van der Waals surface area contributed by atoms with Crippen LogP contribution in [-0.4, -0.2) is 29.4 Å². The van der Waals surface area contributed by atoms with Crippen molar-refractivity contribution in [3.05, 3.63) is 35.9 Å². The predicted octanol–water partition coefficient (Wildman–Crippen LogP) is 2.43. The van der Waals surface area contributed by atoms with E-state index in [1.165, 1.54) is 6.92 Å². The molecule has 4 nitrogen and oxygen atoms in total. The molecule has 2 atom stereocenters. The van der Waals surface area contributed by atoms with E-state index in [1.807, 2.05) is 44.2 Å². The molecular formula is C15H21N3O. The summed E-state index contributed by atoms with van der Waals surface area (Å²) in [6.45, 7) is 7.07. The summed E-state index contributed by atoms with van der Waals surface area (Å²) in [4.78, 5) is 15.6. The average molecular weight is 259 g/mol. The van der Waals surface area contributed by atoms with Gasteiger partial charge in [0.05, 0.1) is 17.5 Å². The van der Waals surface area contributed by atoms with Crippen LogP contribution in [0.4, 0.5) is 0 Å². The average Bonchev–Trinajstić information content (AvgIpc) is 2.35. The number of hydrogen-bond donors (Lipinski definition) is 2. The van der Waals surface area contributed by atoms with Crippen molar-refractivity contribution in [1.29, 1.82) is 5.41 Å². The van der Waals surface area contributed by atoms with E-state index in [9.17, 15) is 4.79 Å². The SMILES string of the molecule is CC(=N)C(=NC(C)C(C)NC(C)=O)c1ccccc1. The minimum atomic E-state index is -0.0839. The molecule has 4 heteroatoms. The van der Waals surface area contributed by atoms with E-state index in [1.54, 1.807) is 6.92 Å². The molecule has 0 radical (unpaired) electrons. The summed E-state index contributed by atoms with van der Waals surface area (Å²) in [6.07, 6.45) is 0. The van der Waals surface area contributed by atoms with E-state index in [4.69, 9.17) is 5.41 Å². The minimum Gasteiger partial charge on any atom is -0.352 e. The Labute approximate surface area is 114 Å². The Hall–Kier alpha value is -1.97. The largest absolute Gasteiger partial charge is 0.352 e. The number of nitrogens with zero attached hydrogens (tertiary/aromatic N) is 1. The number of amides is 1. The molecule has 1 aromatic rings. The van der Waals surface area contributed by atoms with E-state index in [0.717, 1.165) is 5.56 Å². The Bertz CT molecular complexity index is 479. The number of carbonyl (C=O) groups is 1. The second kappa shape index (κ2) is 6.83. The first-order chi connectivity index (χ1) is 8.91. The van der Waals surface area contributed by atoms with E-state index < -0.39 is 0 Å². The van der Waals surface area contributed by atoms with Gasteiger partial charge in [-0.3, -0.25) is 9.79 Å². The highest BCUT2D eigenvalue weighted by Crippen LogP contribution is 2.07. The summed E-state index contributed by atoms with van der Waals surface area (Å²) in [5, 5.41) is 10.7. The maximum Gasteiger partial charge on any atom is 0.217 e. The van der Waals surface area contributed by atoms with Gasteiger partial charge >= 0.3 is 0 Å². The van der Waals surface area contributed by atoms with Gasteiger partial charge in [0.15, 0.2) is 0 Å². The zero-order valence-electron chi connectivity index (χ0n) is 11.9. The van der Waals surface area contributed by atoms with Crippen LogP contribution < -0.4 is 5.32 Å². The van der Waals surface area contributed by atoms with Gasteiger partial charge in [-0.05, 0) is 20.8 Å². The van der Waals surface area contributed by atoms with Crippen molar-refractivity contribution in [3.63, 3.8) is 0 Å². The van der Waals surface area contributed by atoms with Gasteiger partial charge in [0.1, 0.15) is 0 Å². The minimum absolute atomic E-state index is 0.0597. The third-order valence-electron chi connectivity index (χ3n) is 2.89. The fourth-order valence-electron chi connectivity index (χ4n) is 1.74. The fourth-order valence-corrected chi connectivity index (χ4v) is 1.74. The lowest BCUT2D eigenvalue weighted by molar-refractivity contribution is -0.119. The monoisotopic (exact) mass is 259 g/mol. The first-order valence-electron chi connectivity index (χ1n) is 6.37. The van der Waals surface area contributed by atoms with Crippen molar-refractivity contribution in [2.75, 3.05) is 0 Å². The van der Waals surface area contributed by atoms with Gasteiger partial charge in [-0.25, -0.2) is 0 Å². The van der Waals surface area contributed by atoms with Gasteiger partial charge in [-0.15, -0.1) is 0 Å². The van der Waals surface area contributed by atoms with Crippen LogP contribution in [-0.2, 0) is 4.79 Å². The Kier molecular flexibility index (Phi) is 5.42. The molecule has 1 aromatic carbocycles. The highest BCUT2D eigenvalue weighted by molar-refractivity contribution is 6.46. The van der Waals surface area contributed by atoms with Gasteiger partial charge in [-0.2, -0.15) is 0 Å². The molecule has 2 N–H and O–H groups in total. The van der Waals surface area contributed by atoms with Crippen molar-refractivity contribution in [3.8, 4) is 0 Å². The molecule has 102 valence electrons. The summed E-state index contributed by atoms with van der Waals surface area (Å²) in [6, 6.07) is 9.52. The Morgan fingerprint density at radius 2 is 1.79 bits per heavy atom. The molecule has 0 aliphatic heterocycles. The molecule has 19 heavy (non-hydrogen) atoms. The topological polar surface area (TPSA) is 65.3 Å². The molecule has 0 bridgehead atoms. The third kappa shape index (κ3) is 4.66. The third-order valence-corrected chi connectivity index (χ3v) is 2.89. The highest BCUT2D eigenvalue weighted by Gasteiger charge is 2.14. The van der Waals surface area contributed by atoms with Crippen LogP contribution in [0.3, 0.4) is 0 Å². The molecule has 0 aliphatic rings. The molecule has 0 heterocycles. The lowest BCUT2D eigenvalue weighted by Crippen LogP contribution is -2.38. The van der Waals surface area contributed by atoms with Crippen LogP contribution >= 0.6 is 0 Å². The number of carbonyl (C=O) groups excluding carboxylic acids is 1. The maximum atomic E-state index is 11.0. The van der Waals surface area contributed by atoms with E-state index >= 15 is 0 Å². The Balaban J connectivity index is 2.97. The molecule has 1 amide bonds. The molecule has 1 rings (SSSR count). The van der Waals surface area contributed by atoms with E-state index in [2.05, 4.69) is 10.3 Å². The zero-order chi connectivity index (χ0) is 14.4. The van der Waals surface area contributed by atoms with Crippen LogP contribution in [0.25, 0.3) is 0 Å². The van der Waals surface area contributed by atoms with Crippen LogP contribution in [0.5, 0.6) is 0 Å². The van der Waals surface area contributed by atoms with Crippen LogP contribution in [0.1, 0.15) is 33.3 Å². The van der Waals surface area contributed by atoms with Crippen LogP contribution in [0.2, 0.25) is 0 Å². The van der Waals surface area contributed by atoms with Crippen molar-refractivity contribution in [2.45, 2.75) is 39.8 Å². The molecule has 0 aliphatic carbocycles. The Morgan fingerprint density at radius 1 is 1.21 bits per heavy atom. The second-order valence-corrected chi connectivity index (χ2v) is 4.70. The molecule has 0 saturated carbocycles. The first kappa shape index (κ1) is 15.1. The number of hydrogen-bond acceptors (Lipinski definition) is 3.